The fraction of sp³-hybridized carbons (Fsp3) is 0.458. The third-order valence-electron chi connectivity index (χ3n) is 6.13. The van der Waals surface area contributed by atoms with Crippen LogP contribution >= 0.6 is 0 Å². The lowest BCUT2D eigenvalue weighted by molar-refractivity contribution is -0.137. The number of amides is 1. The fourth-order valence-electron chi connectivity index (χ4n) is 4.51. The molecular formula is C24H28F3N5O2. The van der Waals surface area contributed by atoms with Gasteiger partial charge in [-0.05, 0) is 38.0 Å². The molecule has 1 saturated heterocycles. The second kappa shape index (κ2) is 9.90. The summed E-state index contributed by atoms with van der Waals surface area (Å²) in [5, 5.41) is 0. The molecule has 1 aromatic heterocycles. The van der Waals surface area contributed by atoms with Gasteiger partial charge in [0.05, 0.1) is 24.4 Å². The molecule has 0 saturated carbocycles. The average molecular weight is 476 g/mol. The van der Waals surface area contributed by atoms with Gasteiger partial charge in [-0.2, -0.15) is 23.1 Å². The number of anilines is 2. The zero-order valence-corrected chi connectivity index (χ0v) is 19.1. The average Bonchev–Trinajstić information content (AvgIpc) is 3.05. The Labute approximate surface area is 196 Å². The van der Waals surface area contributed by atoms with Crippen LogP contribution in [0.25, 0.3) is 0 Å². The number of fused-ring (bicyclic) bond motifs is 1. The Kier molecular flexibility index (Phi) is 6.95. The predicted octanol–water partition coefficient (Wildman–Crippen LogP) is 3.68. The van der Waals surface area contributed by atoms with E-state index in [9.17, 15) is 18.0 Å². The van der Waals surface area contributed by atoms with E-state index >= 15 is 0 Å². The van der Waals surface area contributed by atoms with Crippen LogP contribution in [0.2, 0.25) is 0 Å². The number of aromatic nitrogens is 2. The van der Waals surface area contributed by atoms with E-state index in [4.69, 9.17) is 4.74 Å². The van der Waals surface area contributed by atoms with Crippen LogP contribution in [0.4, 0.5) is 24.7 Å². The minimum Gasteiger partial charge on any atom is -0.464 e. The van der Waals surface area contributed by atoms with Gasteiger partial charge < -0.3 is 19.4 Å². The Morgan fingerprint density at radius 3 is 2.53 bits per heavy atom. The molecule has 2 aliphatic rings. The van der Waals surface area contributed by atoms with E-state index < -0.39 is 11.7 Å². The van der Waals surface area contributed by atoms with Gasteiger partial charge in [-0.3, -0.25) is 4.79 Å². The number of carbonyl (C=O) groups excluding carboxylic acids is 1. The van der Waals surface area contributed by atoms with Crippen molar-refractivity contribution in [1.82, 2.24) is 14.9 Å². The lowest BCUT2D eigenvalue weighted by Crippen LogP contribution is -2.49. The van der Waals surface area contributed by atoms with Crippen LogP contribution in [0.5, 0.6) is 6.01 Å². The standard InChI is InChI=1S/C24H28F3N5O2/c1-3-21(33)30-12-14-31(15-13-30)22-17-8-7-11-32(16-19(17)28-23(29-22)34-4-2)20-10-6-5-9-18(20)24(25,26)27/h3,5-6,9-10H,1,4,7-8,11-16H2,2H3. The second-order valence-corrected chi connectivity index (χ2v) is 8.24. The molecule has 0 atom stereocenters. The van der Waals surface area contributed by atoms with E-state index in [0.29, 0.717) is 57.9 Å². The van der Waals surface area contributed by atoms with Crippen molar-refractivity contribution in [3.05, 3.63) is 53.7 Å². The van der Waals surface area contributed by atoms with Crippen LogP contribution < -0.4 is 14.5 Å². The monoisotopic (exact) mass is 475 g/mol. The summed E-state index contributed by atoms with van der Waals surface area (Å²) < 4.78 is 46.6. The van der Waals surface area contributed by atoms with E-state index in [1.807, 2.05) is 6.92 Å². The van der Waals surface area contributed by atoms with Crippen LogP contribution in [0.1, 0.15) is 30.2 Å². The van der Waals surface area contributed by atoms with Crippen molar-refractivity contribution in [1.29, 1.82) is 0 Å². The van der Waals surface area contributed by atoms with Gasteiger partial charge in [0.25, 0.3) is 0 Å². The summed E-state index contributed by atoms with van der Waals surface area (Å²) in [4.78, 5) is 26.8. The number of alkyl halides is 3. The molecule has 3 heterocycles. The number of para-hydroxylation sites is 1. The van der Waals surface area contributed by atoms with Crippen molar-refractivity contribution in [3.63, 3.8) is 0 Å². The lowest BCUT2D eigenvalue weighted by atomic mass is 10.1. The molecule has 0 unspecified atom stereocenters. The Morgan fingerprint density at radius 2 is 1.85 bits per heavy atom. The normalized spacial score (nSPS) is 16.6. The van der Waals surface area contributed by atoms with E-state index in [-0.39, 0.29) is 24.1 Å². The summed E-state index contributed by atoms with van der Waals surface area (Å²) in [7, 11) is 0. The first-order valence-corrected chi connectivity index (χ1v) is 11.4. The molecule has 2 aliphatic heterocycles. The molecule has 0 radical (unpaired) electrons. The Morgan fingerprint density at radius 1 is 1.12 bits per heavy atom. The van der Waals surface area contributed by atoms with Gasteiger partial charge in [-0.15, -0.1) is 0 Å². The zero-order valence-electron chi connectivity index (χ0n) is 19.1. The van der Waals surface area contributed by atoms with Gasteiger partial charge >= 0.3 is 12.2 Å². The number of benzene rings is 1. The maximum absolute atomic E-state index is 13.7. The molecule has 182 valence electrons. The molecule has 0 bridgehead atoms. The number of piperazine rings is 1. The Hall–Kier alpha value is -3.30. The summed E-state index contributed by atoms with van der Waals surface area (Å²) in [6, 6.07) is 5.86. The summed E-state index contributed by atoms with van der Waals surface area (Å²) in [5.41, 5.74) is 1.10. The van der Waals surface area contributed by atoms with E-state index in [1.165, 1.54) is 18.2 Å². The second-order valence-electron chi connectivity index (χ2n) is 8.24. The minimum atomic E-state index is -4.44. The van der Waals surface area contributed by atoms with Crippen molar-refractivity contribution in [3.8, 4) is 6.01 Å². The Balaban J connectivity index is 1.67. The molecule has 4 rings (SSSR count). The topological polar surface area (TPSA) is 61.8 Å². The smallest absolute Gasteiger partial charge is 0.418 e. The first-order chi connectivity index (χ1) is 16.3. The van der Waals surface area contributed by atoms with E-state index in [2.05, 4.69) is 21.4 Å². The zero-order chi connectivity index (χ0) is 24.3. The largest absolute Gasteiger partial charge is 0.464 e. The van der Waals surface area contributed by atoms with Gasteiger partial charge in [-0.1, -0.05) is 18.7 Å². The number of hydrogen-bond donors (Lipinski definition) is 0. The van der Waals surface area contributed by atoms with Crippen molar-refractivity contribution in [2.45, 2.75) is 32.5 Å². The first kappa shape index (κ1) is 23.8. The van der Waals surface area contributed by atoms with Gasteiger partial charge in [0.2, 0.25) is 5.91 Å². The third kappa shape index (κ3) is 4.95. The van der Waals surface area contributed by atoms with Crippen molar-refractivity contribution in [2.24, 2.45) is 0 Å². The van der Waals surface area contributed by atoms with Crippen molar-refractivity contribution >= 4 is 17.4 Å². The number of nitrogens with zero attached hydrogens (tertiary/aromatic N) is 5. The van der Waals surface area contributed by atoms with Crippen LogP contribution in [-0.2, 0) is 23.9 Å². The highest BCUT2D eigenvalue weighted by atomic mass is 19.4. The van der Waals surface area contributed by atoms with Crippen molar-refractivity contribution in [2.75, 3.05) is 49.1 Å². The van der Waals surface area contributed by atoms with Gasteiger partial charge in [0, 0.05) is 44.0 Å². The summed E-state index contributed by atoms with van der Waals surface area (Å²) >= 11 is 0. The van der Waals surface area contributed by atoms with Gasteiger partial charge in [-0.25, -0.2) is 0 Å². The van der Waals surface area contributed by atoms with Crippen LogP contribution in [0.3, 0.4) is 0 Å². The number of rotatable bonds is 5. The quantitative estimate of drug-likeness (QED) is 0.615. The third-order valence-corrected chi connectivity index (χ3v) is 6.13. The molecule has 1 amide bonds. The molecule has 1 aromatic carbocycles. The van der Waals surface area contributed by atoms with Crippen LogP contribution in [0, 0.1) is 0 Å². The summed E-state index contributed by atoms with van der Waals surface area (Å²) in [5.74, 6) is 0.639. The molecule has 1 fully saturated rings. The van der Waals surface area contributed by atoms with Crippen LogP contribution in [0.15, 0.2) is 36.9 Å². The molecule has 0 N–H and O–H groups in total. The highest BCUT2D eigenvalue weighted by Crippen LogP contribution is 2.38. The first-order valence-electron chi connectivity index (χ1n) is 11.4. The van der Waals surface area contributed by atoms with E-state index in [0.717, 1.165) is 17.4 Å². The molecule has 7 nitrogen and oxygen atoms in total. The predicted molar refractivity (Wildman–Crippen MR) is 123 cm³/mol. The maximum Gasteiger partial charge on any atom is 0.418 e. The van der Waals surface area contributed by atoms with Crippen molar-refractivity contribution < 1.29 is 22.7 Å². The lowest BCUT2D eigenvalue weighted by Gasteiger charge is -2.36. The SMILES string of the molecule is C=CC(=O)N1CCN(c2nc(OCC)nc3c2CCCN(c2ccccc2C(F)(F)F)C3)CC1. The number of halogens is 3. The fourth-order valence-corrected chi connectivity index (χ4v) is 4.51. The summed E-state index contributed by atoms with van der Waals surface area (Å²) in [6.45, 7) is 8.72. The molecule has 10 heteroatoms. The summed E-state index contributed by atoms with van der Waals surface area (Å²) in [6.07, 6.45) is -1.82. The van der Waals surface area contributed by atoms with Crippen LogP contribution in [-0.4, -0.2) is 60.1 Å². The number of hydrogen-bond acceptors (Lipinski definition) is 6. The maximum atomic E-state index is 13.7. The molecule has 34 heavy (non-hydrogen) atoms. The highest BCUT2D eigenvalue weighted by molar-refractivity contribution is 5.87. The van der Waals surface area contributed by atoms with Gasteiger partial charge in [0.15, 0.2) is 0 Å². The number of carbonyl (C=O) groups is 1. The Bertz CT molecular complexity index is 1050. The molecular weight excluding hydrogens is 447 g/mol. The highest BCUT2D eigenvalue weighted by Gasteiger charge is 2.35. The molecule has 0 spiro atoms. The minimum absolute atomic E-state index is 0.102. The molecule has 0 aliphatic carbocycles. The molecule has 2 aromatic rings. The van der Waals surface area contributed by atoms with E-state index in [1.54, 1.807) is 15.9 Å². The number of ether oxygens (including phenoxy) is 1. The van der Waals surface area contributed by atoms with Gasteiger partial charge in [0.1, 0.15) is 5.82 Å².